The highest BCUT2D eigenvalue weighted by molar-refractivity contribution is 5.68. The van der Waals surface area contributed by atoms with Gasteiger partial charge in [0.1, 0.15) is 5.75 Å². The maximum absolute atomic E-state index is 11.1. The smallest absolute Gasteiger partial charge is 0.305 e. The molecule has 0 amide bonds. The molecule has 0 saturated heterocycles. The van der Waals surface area contributed by atoms with E-state index in [4.69, 9.17) is 4.74 Å². The van der Waals surface area contributed by atoms with Crippen LogP contribution in [-0.4, -0.2) is 42.1 Å². The van der Waals surface area contributed by atoms with Crippen molar-refractivity contribution in [2.24, 2.45) is 11.8 Å². The molecule has 2 N–H and O–H groups in total. The van der Waals surface area contributed by atoms with Crippen LogP contribution < -0.4 is 4.74 Å². The van der Waals surface area contributed by atoms with E-state index in [-0.39, 0.29) is 17.8 Å². The number of unbranched alkanes of at least 4 members (excludes halogenated alkanes) is 3. The van der Waals surface area contributed by atoms with E-state index < -0.39 is 12.2 Å². The maximum atomic E-state index is 11.1. The summed E-state index contributed by atoms with van der Waals surface area (Å²) in [6.45, 7) is 0.426. The predicted molar refractivity (Wildman–Crippen MR) is 95.3 cm³/mol. The molecule has 25 heavy (non-hydrogen) atoms. The molecule has 1 aromatic rings. The van der Waals surface area contributed by atoms with Gasteiger partial charge in [0.15, 0.2) is 0 Å². The fourth-order valence-corrected chi connectivity index (χ4v) is 3.62. The summed E-state index contributed by atoms with van der Waals surface area (Å²) in [4.78, 5) is 11.1. The third-order valence-corrected chi connectivity index (χ3v) is 5.10. The minimum absolute atomic E-state index is 0.0368. The van der Waals surface area contributed by atoms with Gasteiger partial charge in [0, 0.05) is 12.3 Å². The van der Waals surface area contributed by atoms with Crippen molar-refractivity contribution >= 4 is 5.97 Å². The van der Waals surface area contributed by atoms with Crippen LogP contribution in [0.5, 0.6) is 5.75 Å². The summed E-state index contributed by atoms with van der Waals surface area (Å²) in [5, 5.41) is 20.5. The maximum Gasteiger partial charge on any atom is 0.305 e. The molecule has 0 aliphatic heterocycles. The minimum Gasteiger partial charge on any atom is -0.493 e. The van der Waals surface area contributed by atoms with Crippen molar-refractivity contribution in [1.29, 1.82) is 0 Å². The summed E-state index contributed by atoms with van der Waals surface area (Å²) >= 11 is 0. The van der Waals surface area contributed by atoms with E-state index in [1.807, 2.05) is 30.3 Å². The van der Waals surface area contributed by atoms with Gasteiger partial charge in [-0.1, -0.05) is 37.5 Å². The molecule has 0 aromatic heterocycles. The van der Waals surface area contributed by atoms with Crippen LogP contribution in [0.2, 0.25) is 0 Å². The molecule has 1 aromatic carbocycles. The van der Waals surface area contributed by atoms with Crippen molar-refractivity contribution in [3.8, 4) is 5.75 Å². The number of aliphatic hydroxyl groups is 2. The van der Waals surface area contributed by atoms with E-state index in [9.17, 15) is 15.0 Å². The van der Waals surface area contributed by atoms with Gasteiger partial charge in [-0.3, -0.25) is 4.79 Å². The number of carbonyl (C=O) groups excluding carboxylic acids is 1. The first kappa shape index (κ1) is 19.7. The third kappa shape index (κ3) is 6.33. The molecule has 1 saturated carbocycles. The van der Waals surface area contributed by atoms with E-state index in [2.05, 4.69) is 4.74 Å². The number of para-hydroxylation sites is 1. The van der Waals surface area contributed by atoms with Crippen LogP contribution in [0.3, 0.4) is 0 Å². The average molecular weight is 350 g/mol. The molecule has 4 atom stereocenters. The lowest BCUT2D eigenvalue weighted by molar-refractivity contribution is -0.140. The third-order valence-electron chi connectivity index (χ3n) is 5.10. The predicted octanol–water partition coefficient (Wildman–Crippen LogP) is 2.94. The second-order valence-corrected chi connectivity index (χ2v) is 6.85. The topological polar surface area (TPSA) is 76.0 Å². The molecule has 0 bridgehead atoms. The fraction of sp³-hybridized carbons (Fsp3) is 0.650. The molecule has 5 nitrogen and oxygen atoms in total. The number of rotatable bonds is 10. The van der Waals surface area contributed by atoms with Crippen LogP contribution in [0.15, 0.2) is 30.3 Å². The van der Waals surface area contributed by atoms with Gasteiger partial charge in [-0.15, -0.1) is 0 Å². The molecule has 1 fully saturated rings. The Morgan fingerprint density at radius 2 is 1.72 bits per heavy atom. The molecule has 5 heteroatoms. The molecule has 0 radical (unpaired) electrons. The van der Waals surface area contributed by atoms with Gasteiger partial charge in [-0.2, -0.15) is 0 Å². The normalized spacial score (nSPS) is 25.7. The fourth-order valence-electron chi connectivity index (χ4n) is 3.62. The van der Waals surface area contributed by atoms with Crippen LogP contribution in [0.4, 0.5) is 0 Å². The Kier molecular flexibility index (Phi) is 8.22. The van der Waals surface area contributed by atoms with Gasteiger partial charge in [0.2, 0.25) is 0 Å². The average Bonchev–Trinajstić information content (AvgIpc) is 2.89. The first-order valence-electron chi connectivity index (χ1n) is 9.22. The first-order chi connectivity index (χ1) is 12.1. The summed E-state index contributed by atoms with van der Waals surface area (Å²) in [7, 11) is 1.41. The van der Waals surface area contributed by atoms with Gasteiger partial charge in [-0.05, 0) is 37.3 Å². The number of aliphatic hydroxyl groups excluding tert-OH is 2. The van der Waals surface area contributed by atoms with Crippen molar-refractivity contribution < 1.29 is 24.5 Å². The van der Waals surface area contributed by atoms with Crippen LogP contribution in [0, 0.1) is 11.8 Å². The molecule has 1 aliphatic carbocycles. The quantitative estimate of drug-likeness (QED) is 0.501. The van der Waals surface area contributed by atoms with Gasteiger partial charge in [0.05, 0.1) is 25.9 Å². The lowest BCUT2D eigenvalue weighted by Gasteiger charge is -2.23. The number of benzene rings is 1. The van der Waals surface area contributed by atoms with Crippen molar-refractivity contribution in [1.82, 2.24) is 0 Å². The van der Waals surface area contributed by atoms with E-state index in [1.165, 1.54) is 7.11 Å². The van der Waals surface area contributed by atoms with Crippen molar-refractivity contribution in [3.05, 3.63) is 30.3 Å². The standard InChI is InChI=1S/C20H30O5/c1-24-20(23)12-8-3-2-7-11-16-17(19(22)13-18(16)21)14-25-15-9-5-4-6-10-15/h4-6,9-10,16-19,21-22H,2-3,7-8,11-14H2,1H3/t16-,17?,18?,19-/m1/s1. The van der Waals surface area contributed by atoms with Crippen molar-refractivity contribution in [2.45, 2.75) is 57.2 Å². The second-order valence-electron chi connectivity index (χ2n) is 6.85. The van der Waals surface area contributed by atoms with Crippen LogP contribution in [0.1, 0.15) is 44.9 Å². The van der Waals surface area contributed by atoms with Crippen molar-refractivity contribution in [2.75, 3.05) is 13.7 Å². The van der Waals surface area contributed by atoms with Crippen molar-refractivity contribution in [3.63, 3.8) is 0 Å². The molecule has 2 unspecified atom stereocenters. The zero-order valence-corrected chi connectivity index (χ0v) is 15.0. The number of hydrogen-bond donors (Lipinski definition) is 2. The zero-order valence-electron chi connectivity index (χ0n) is 15.0. The van der Waals surface area contributed by atoms with Crippen LogP contribution >= 0.6 is 0 Å². The Morgan fingerprint density at radius 1 is 1.04 bits per heavy atom. The Balaban J connectivity index is 1.72. The summed E-state index contributed by atoms with van der Waals surface area (Å²) < 4.78 is 10.4. The summed E-state index contributed by atoms with van der Waals surface area (Å²) in [5.41, 5.74) is 0. The number of hydrogen-bond acceptors (Lipinski definition) is 5. The Labute approximate surface area is 150 Å². The lowest BCUT2D eigenvalue weighted by atomic mass is 9.89. The highest BCUT2D eigenvalue weighted by Crippen LogP contribution is 2.36. The van der Waals surface area contributed by atoms with Crippen LogP contribution in [-0.2, 0) is 9.53 Å². The number of esters is 1. The number of ether oxygens (including phenoxy) is 2. The zero-order chi connectivity index (χ0) is 18.1. The molecular weight excluding hydrogens is 320 g/mol. The largest absolute Gasteiger partial charge is 0.493 e. The molecule has 140 valence electrons. The number of carbonyl (C=O) groups is 1. The van der Waals surface area contributed by atoms with E-state index in [1.54, 1.807) is 0 Å². The SMILES string of the molecule is COC(=O)CCCCCC[C@H]1C(O)C[C@@H](O)C1COc1ccccc1. The van der Waals surface area contributed by atoms with Gasteiger partial charge in [0.25, 0.3) is 0 Å². The molecule has 0 spiro atoms. The summed E-state index contributed by atoms with van der Waals surface area (Å²) in [5.74, 6) is 0.662. The molecule has 1 aliphatic rings. The van der Waals surface area contributed by atoms with E-state index >= 15 is 0 Å². The Morgan fingerprint density at radius 3 is 2.44 bits per heavy atom. The molecule has 2 rings (SSSR count). The highest BCUT2D eigenvalue weighted by atomic mass is 16.5. The molecule has 0 heterocycles. The Bertz CT molecular complexity index is 504. The molecular formula is C20H30O5. The van der Waals surface area contributed by atoms with Gasteiger partial charge in [-0.25, -0.2) is 0 Å². The van der Waals surface area contributed by atoms with Gasteiger partial charge < -0.3 is 19.7 Å². The highest BCUT2D eigenvalue weighted by Gasteiger charge is 2.41. The summed E-state index contributed by atoms with van der Waals surface area (Å²) in [6, 6.07) is 9.56. The second kappa shape index (κ2) is 10.4. The van der Waals surface area contributed by atoms with E-state index in [0.29, 0.717) is 19.4 Å². The van der Waals surface area contributed by atoms with Gasteiger partial charge >= 0.3 is 5.97 Å². The first-order valence-corrected chi connectivity index (χ1v) is 9.22. The lowest BCUT2D eigenvalue weighted by Crippen LogP contribution is -2.28. The Hall–Kier alpha value is -1.59. The minimum atomic E-state index is -0.511. The summed E-state index contributed by atoms with van der Waals surface area (Å²) in [6.07, 6.45) is 4.61. The number of methoxy groups -OCH3 is 1. The van der Waals surface area contributed by atoms with Crippen LogP contribution in [0.25, 0.3) is 0 Å². The monoisotopic (exact) mass is 350 g/mol. The van der Waals surface area contributed by atoms with E-state index in [0.717, 1.165) is 37.9 Å².